The molecule has 20 heavy (non-hydrogen) atoms. The van der Waals surface area contributed by atoms with Gasteiger partial charge in [0.1, 0.15) is 5.82 Å². The highest BCUT2D eigenvalue weighted by atomic mass is 16.5. The van der Waals surface area contributed by atoms with Gasteiger partial charge in [-0.1, -0.05) is 12.1 Å². The summed E-state index contributed by atoms with van der Waals surface area (Å²) in [6.45, 7) is 0. The second kappa shape index (κ2) is 5.03. The third-order valence-electron chi connectivity index (χ3n) is 3.27. The largest absolute Gasteiger partial charge is 0.362 e. The van der Waals surface area contributed by atoms with Crippen LogP contribution in [0.4, 0.5) is 5.82 Å². The lowest BCUT2D eigenvalue weighted by Crippen LogP contribution is -2.39. The first-order valence-electron chi connectivity index (χ1n) is 6.40. The molecule has 3 rings (SSSR count). The molecule has 1 unspecified atom stereocenters. The molecule has 0 fully saturated rings. The average Bonchev–Trinajstić information content (AvgIpc) is 2.48. The van der Waals surface area contributed by atoms with E-state index in [1.54, 1.807) is 18.6 Å². The Hall–Kier alpha value is -2.24. The first kappa shape index (κ1) is 12.8. The Labute approximate surface area is 116 Å². The third kappa shape index (κ3) is 2.54. The van der Waals surface area contributed by atoms with Crippen molar-refractivity contribution in [3.05, 3.63) is 66.8 Å². The van der Waals surface area contributed by atoms with Crippen LogP contribution in [0.1, 0.15) is 18.2 Å². The predicted octanol–water partition coefficient (Wildman–Crippen LogP) is 1.62. The average molecular weight is 269 g/mol. The summed E-state index contributed by atoms with van der Waals surface area (Å²) in [5.74, 6) is -1.08. The Morgan fingerprint density at radius 2 is 1.80 bits per heavy atom. The summed E-state index contributed by atoms with van der Waals surface area (Å²) in [5, 5.41) is 19.7. The van der Waals surface area contributed by atoms with Gasteiger partial charge in [-0.3, -0.25) is 4.98 Å². The van der Waals surface area contributed by atoms with E-state index in [1.165, 1.54) is 6.08 Å². The van der Waals surface area contributed by atoms with E-state index in [-0.39, 0.29) is 12.5 Å². The van der Waals surface area contributed by atoms with Gasteiger partial charge in [0, 0.05) is 25.0 Å². The van der Waals surface area contributed by atoms with E-state index >= 15 is 0 Å². The van der Waals surface area contributed by atoms with Crippen LogP contribution >= 0.6 is 0 Å². The molecule has 0 amide bonds. The number of nitrogens with zero attached hydrogens (tertiary/aromatic N) is 3. The molecular weight excluding hydrogens is 254 g/mol. The predicted molar refractivity (Wildman–Crippen MR) is 74.6 cm³/mol. The molecule has 0 aliphatic carbocycles. The second-order valence-corrected chi connectivity index (χ2v) is 4.76. The van der Waals surface area contributed by atoms with Crippen LogP contribution in [-0.4, -0.2) is 26.0 Å². The molecule has 1 atom stereocenters. The van der Waals surface area contributed by atoms with Gasteiger partial charge in [0.25, 0.3) is 0 Å². The summed E-state index contributed by atoms with van der Waals surface area (Å²) in [7, 11) is 0. The summed E-state index contributed by atoms with van der Waals surface area (Å²) in [4.78, 5) is 10.5. The van der Waals surface area contributed by atoms with E-state index in [4.69, 9.17) is 0 Å². The lowest BCUT2D eigenvalue weighted by molar-refractivity contribution is -0.130. The van der Waals surface area contributed by atoms with Crippen LogP contribution in [0.3, 0.4) is 0 Å². The van der Waals surface area contributed by atoms with Crippen LogP contribution in [0.15, 0.2) is 61.1 Å². The zero-order valence-electron chi connectivity index (χ0n) is 10.8. The maximum atomic E-state index is 9.86. The molecule has 3 heterocycles. The van der Waals surface area contributed by atoms with Crippen molar-refractivity contribution in [2.24, 2.45) is 0 Å². The SMILES string of the molecule is OC1(O)C=CN(c2ccccn2)C(c2ccccn2)C1. The normalized spacial score (nSPS) is 20.9. The molecule has 5 nitrogen and oxygen atoms in total. The van der Waals surface area contributed by atoms with Crippen LogP contribution in [-0.2, 0) is 0 Å². The fraction of sp³-hybridized carbons (Fsp3) is 0.200. The van der Waals surface area contributed by atoms with Crippen molar-refractivity contribution in [2.75, 3.05) is 4.90 Å². The monoisotopic (exact) mass is 269 g/mol. The van der Waals surface area contributed by atoms with Crippen LogP contribution in [0.2, 0.25) is 0 Å². The van der Waals surface area contributed by atoms with Crippen LogP contribution in [0.25, 0.3) is 0 Å². The molecule has 0 saturated carbocycles. The molecule has 2 aromatic rings. The summed E-state index contributed by atoms with van der Waals surface area (Å²) in [6, 6.07) is 10.9. The molecule has 0 aromatic carbocycles. The number of aromatic nitrogens is 2. The molecule has 2 N–H and O–H groups in total. The first-order chi connectivity index (χ1) is 9.66. The van der Waals surface area contributed by atoms with Crippen molar-refractivity contribution >= 4 is 5.82 Å². The fourth-order valence-electron chi connectivity index (χ4n) is 2.32. The Morgan fingerprint density at radius 3 is 2.45 bits per heavy atom. The van der Waals surface area contributed by atoms with E-state index in [9.17, 15) is 10.2 Å². The minimum atomic E-state index is -1.83. The number of pyridine rings is 2. The summed E-state index contributed by atoms with van der Waals surface area (Å²) >= 11 is 0. The van der Waals surface area contributed by atoms with Crippen LogP contribution in [0.5, 0.6) is 0 Å². The molecule has 0 saturated heterocycles. The van der Waals surface area contributed by atoms with Crippen LogP contribution in [0, 0.1) is 0 Å². The van der Waals surface area contributed by atoms with Crippen molar-refractivity contribution < 1.29 is 10.2 Å². The Morgan fingerprint density at radius 1 is 1.05 bits per heavy atom. The molecule has 5 heteroatoms. The first-order valence-corrected chi connectivity index (χ1v) is 6.40. The van der Waals surface area contributed by atoms with Crippen molar-refractivity contribution in [1.82, 2.24) is 9.97 Å². The summed E-state index contributed by atoms with van der Waals surface area (Å²) in [5.41, 5.74) is 0.773. The third-order valence-corrected chi connectivity index (χ3v) is 3.27. The molecule has 1 aliphatic heterocycles. The number of hydrogen-bond donors (Lipinski definition) is 2. The van der Waals surface area contributed by atoms with Gasteiger partial charge in [-0.2, -0.15) is 0 Å². The number of aliphatic hydroxyl groups is 2. The van der Waals surface area contributed by atoms with Gasteiger partial charge in [0.15, 0.2) is 5.79 Å². The summed E-state index contributed by atoms with van der Waals surface area (Å²) < 4.78 is 0. The van der Waals surface area contributed by atoms with Gasteiger partial charge in [-0.15, -0.1) is 0 Å². The lowest BCUT2D eigenvalue weighted by Gasteiger charge is -2.37. The van der Waals surface area contributed by atoms with E-state index in [2.05, 4.69) is 9.97 Å². The highest BCUT2D eigenvalue weighted by Gasteiger charge is 2.34. The zero-order chi connectivity index (χ0) is 14.0. The minimum Gasteiger partial charge on any atom is -0.362 e. The second-order valence-electron chi connectivity index (χ2n) is 4.76. The van der Waals surface area contributed by atoms with E-state index in [1.807, 2.05) is 41.3 Å². The Kier molecular flexibility index (Phi) is 3.22. The van der Waals surface area contributed by atoms with Crippen molar-refractivity contribution in [3.63, 3.8) is 0 Å². The lowest BCUT2D eigenvalue weighted by atomic mass is 9.97. The molecule has 2 aromatic heterocycles. The van der Waals surface area contributed by atoms with Gasteiger partial charge in [0.05, 0.1) is 11.7 Å². The molecule has 0 spiro atoms. The van der Waals surface area contributed by atoms with E-state index < -0.39 is 5.79 Å². The molecular formula is C15H15N3O2. The van der Waals surface area contributed by atoms with Gasteiger partial charge in [-0.05, 0) is 30.3 Å². The van der Waals surface area contributed by atoms with E-state index in [0.29, 0.717) is 0 Å². The highest BCUT2D eigenvalue weighted by molar-refractivity contribution is 5.46. The van der Waals surface area contributed by atoms with E-state index in [0.717, 1.165) is 11.5 Å². The quantitative estimate of drug-likeness (QED) is 0.811. The fourth-order valence-corrected chi connectivity index (χ4v) is 2.32. The Bertz CT molecular complexity index is 599. The van der Waals surface area contributed by atoms with Crippen LogP contribution < -0.4 is 4.90 Å². The number of rotatable bonds is 2. The summed E-state index contributed by atoms with van der Waals surface area (Å²) in [6.07, 6.45) is 6.54. The number of hydrogen-bond acceptors (Lipinski definition) is 5. The van der Waals surface area contributed by atoms with Crippen molar-refractivity contribution in [3.8, 4) is 0 Å². The minimum absolute atomic E-state index is 0.136. The van der Waals surface area contributed by atoms with Gasteiger partial charge in [0.2, 0.25) is 0 Å². The molecule has 0 bridgehead atoms. The topological polar surface area (TPSA) is 69.5 Å². The molecule has 1 aliphatic rings. The number of anilines is 1. The molecule has 0 radical (unpaired) electrons. The maximum absolute atomic E-state index is 9.86. The zero-order valence-corrected chi connectivity index (χ0v) is 10.8. The highest BCUT2D eigenvalue weighted by Crippen LogP contribution is 2.35. The van der Waals surface area contributed by atoms with Crippen molar-refractivity contribution in [2.45, 2.75) is 18.2 Å². The van der Waals surface area contributed by atoms with Gasteiger partial charge < -0.3 is 15.1 Å². The Balaban J connectivity index is 2.02. The molecule has 102 valence electrons. The standard InChI is InChI=1S/C15H15N3O2/c19-15(20)7-10-18(14-6-2-4-9-17-14)13(11-15)12-5-1-3-8-16-12/h1-10,13,19-20H,11H2. The van der Waals surface area contributed by atoms with Gasteiger partial charge >= 0.3 is 0 Å². The van der Waals surface area contributed by atoms with Gasteiger partial charge in [-0.25, -0.2) is 4.98 Å². The van der Waals surface area contributed by atoms with Crippen molar-refractivity contribution in [1.29, 1.82) is 0 Å². The maximum Gasteiger partial charge on any atom is 0.186 e. The smallest absolute Gasteiger partial charge is 0.186 e.